The van der Waals surface area contributed by atoms with Crippen LogP contribution < -0.4 is 4.74 Å². The average Bonchev–Trinajstić information content (AvgIpc) is 2.96. The van der Waals surface area contributed by atoms with E-state index in [2.05, 4.69) is 0 Å². The van der Waals surface area contributed by atoms with Gasteiger partial charge in [-0.2, -0.15) is 0 Å². The predicted octanol–water partition coefficient (Wildman–Crippen LogP) is 1.40. The summed E-state index contributed by atoms with van der Waals surface area (Å²) < 4.78 is 17.2. The zero-order valence-corrected chi connectivity index (χ0v) is 12.8. The molecule has 1 aromatic rings. The summed E-state index contributed by atoms with van der Waals surface area (Å²) in [4.78, 5) is 14.4. The Balaban J connectivity index is 1.37. The normalized spacial score (nSPS) is 28.9. The molecule has 0 saturated carbocycles. The Hall–Kier alpha value is -1.59. The van der Waals surface area contributed by atoms with Gasteiger partial charge in [-0.1, -0.05) is 18.2 Å². The maximum absolute atomic E-state index is 12.6. The standard InChI is InChI=1S/C17H21NO4/c1-20-13-6-7-21-17(9-13)10-18(11-17)16(19)15-8-12-4-2-3-5-14(12)22-15/h2-5,13,15H,6-11H2,1H3/t13-,15-/m1/s1. The third-order valence-electron chi connectivity index (χ3n) is 4.97. The third-order valence-corrected chi connectivity index (χ3v) is 4.97. The summed E-state index contributed by atoms with van der Waals surface area (Å²) in [5, 5.41) is 0. The van der Waals surface area contributed by atoms with Gasteiger partial charge in [-0.05, 0) is 18.1 Å². The molecule has 3 aliphatic heterocycles. The number of fused-ring (bicyclic) bond motifs is 1. The molecular formula is C17H21NO4. The van der Waals surface area contributed by atoms with Crippen molar-refractivity contribution in [1.29, 1.82) is 0 Å². The van der Waals surface area contributed by atoms with E-state index in [1.807, 2.05) is 29.2 Å². The van der Waals surface area contributed by atoms with Gasteiger partial charge in [0.05, 0.1) is 19.2 Å². The minimum atomic E-state index is -0.378. The predicted molar refractivity (Wildman–Crippen MR) is 79.9 cm³/mol. The molecule has 4 rings (SSSR count). The van der Waals surface area contributed by atoms with Crippen LogP contribution in [0.2, 0.25) is 0 Å². The number of hydrogen-bond acceptors (Lipinski definition) is 4. The smallest absolute Gasteiger partial charge is 0.264 e. The highest BCUT2D eigenvalue weighted by atomic mass is 16.5. The second-order valence-electron chi connectivity index (χ2n) is 6.49. The van der Waals surface area contributed by atoms with Gasteiger partial charge >= 0.3 is 0 Å². The van der Waals surface area contributed by atoms with Crippen LogP contribution in [0.1, 0.15) is 18.4 Å². The number of carbonyl (C=O) groups is 1. The zero-order valence-electron chi connectivity index (χ0n) is 12.8. The van der Waals surface area contributed by atoms with E-state index < -0.39 is 0 Å². The number of para-hydroxylation sites is 1. The summed E-state index contributed by atoms with van der Waals surface area (Å²) in [6.07, 6.45) is 2.35. The lowest BCUT2D eigenvalue weighted by atomic mass is 9.84. The topological polar surface area (TPSA) is 48.0 Å². The molecule has 5 heteroatoms. The summed E-state index contributed by atoms with van der Waals surface area (Å²) in [6, 6.07) is 7.86. The van der Waals surface area contributed by atoms with Crippen LogP contribution in [0.15, 0.2) is 24.3 Å². The van der Waals surface area contributed by atoms with E-state index in [1.165, 1.54) is 0 Å². The van der Waals surface area contributed by atoms with Crippen molar-refractivity contribution in [2.24, 2.45) is 0 Å². The fraction of sp³-hybridized carbons (Fsp3) is 0.588. The van der Waals surface area contributed by atoms with E-state index in [0.717, 1.165) is 24.2 Å². The van der Waals surface area contributed by atoms with Crippen molar-refractivity contribution in [3.8, 4) is 5.75 Å². The van der Waals surface area contributed by atoms with Crippen LogP contribution in [-0.4, -0.2) is 55.4 Å². The van der Waals surface area contributed by atoms with Gasteiger partial charge in [-0.25, -0.2) is 0 Å². The van der Waals surface area contributed by atoms with Gasteiger partial charge in [0.2, 0.25) is 0 Å². The number of rotatable bonds is 2. The number of ether oxygens (including phenoxy) is 3. The monoisotopic (exact) mass is 303 g/mol. The number of hydrogen-bond donors (Lipinski definition) is 0. The molecule has 1 aromatic carbocycles. The molecular weight excluding hydrogens is 282 g/mol. The first kappa shape index (κ1) is 14.0. The van der Waals surface area contributed by atoms with Crippen LogP contribution in [0.5, 0.6) is 5.75 Å². The molecule has 3 heterocycles. The quantitative estimate of drug-likeness (QED) is 0.828. The van der Waals surface area contributed by atoms with E-state index in [0.29, 0.717) is 26.1 Å². The highest BCUT2D eigenvalue weighted by Crippen LogP contribution is 2.37. The van der Waals surface area contributed by atoms with Crippen LogP contribution in [0, 0.1) is 0 Å². The second kappa shape index (κ2) is 5.25. The third kappa shape index (κ3) is 2.29. The van der Waals surface area contributed by atoms with Gasteiger partial charge in [0, 0.05) is 26.6 Å². The van der Waals surface area contributed by atoms with Crippen molar-refractivity contribution in [2.75, 3.05) is 26.8 Å². The van der Waals surface area contributed by atoms with Crippen LogP contribution in [0.25, 0.3) is 0 Å². The first-order valence-corrected chi connectivity index (χ1v) is 7.89. The molecule has 0 aromatic heterocycles. The molecule has 1 spiro atoms. The SMILES string of the molecule is CO[C@@H]1CCOC2(C1)CN(C(=O)[C@H]1Cc3ccccc3O1)C2. The number of likely N-dealkylation sites (tertiary alicyclic amines) is 1. The van der Waals surface area contributed by atoms with E-state index in [9.17, 15) is 4.79 Å². The van der Waals surface area contributed by atoms with Gasteiger partial charge in [0.1, 0.15) is 11.4 Å². The molecule has 3 aliphatic rings. The highest BCUT2D eigenvalue weighted by Gasteiger charge is 2.51. The first-order valence-electron chi connectivity index (χ1n) is 7.89. The maximum atomic E-state index is 12.6. The Morgan fingerprint density at radius 2 is 2.18 bits per heavy atom. The summed E-state index contributed by atoms with van der Waals surface area (Å²) in [6.45, 7) is 2.02. The first-order chi connectivity index (χ1) is 10.7. The number of nitrogens with zero attached hydrogens (tertiary/aromatic N) is 1. The van der Waals surface area contributed by atoms with Crippen molar-refractivity contribution in [3.63, 3.8) is 0 Å². The molecule has 22 heavy (non-hydrogen) atoms. The van der Waals surface area contributed by atoms with Crippen molar-refractivity contribution in [3.05, 3.63) is 29.8 Å². The fourth-order valence-electron chi connectivity index (χ4n) is 3.73. The summed E-state index contributed by atoms with van der Waals surface area (Å²) >= 11 is 0. The summed E-state index contributed by atoms with van der Waals surface area (Å²) in [7, 11) is 1.74. The molecule has 0 bridgehead atoms. The zero-order chi connectivity index (χ0) is 15.2. The summed E-state index contributed by atoms with van der Waals surface area (Å²) in [5.41, 5.74) is 0.921. The molecule has 0 radical (unpaired) electrons. The summed E-state index contributed by atoms with van der Waals surface area (Å²) in [5.74, 6) is 0.911. The van der Waals surface area contributed by atoms with E-state index in [-0.39, 0.29) is 23.7 Å². The van der Waals surface area contributed by atoms with E-state index in [4.69, 9.17) is 14.2 Å². The molecule has 0 unspecified atom stereocenters. The largest absolute Gasteiger partial charge is 0.480 e. The van der Waals surface area contributed by atoms with Gasteiger partial charge in [-0.15, -0.1) is 0 Å². The van der Waals surface area contributed by atoms with E-state index in [1.54, 1.807) is 7.11 Å². The van der Waals surface area contributed by atoms with Gasteiger partial charge < -0.3 is 19.1 Å². The fourth-order valence-corrected chi connectivity index (χ4v) is 3.73. The minimum absolute atomic E-state index is 0.0740. The number of methoxy groups -OCH3 is 1. The number of benzene rings is 1. The van der Waals surface area contributed by atoms with Crippen LogP contribution in [-0.2, 0) is 20.7 Å². The van der Waals surface area contributed by atoms with Gasteiger partial charge in [-0.3, -0.25) is 4.79 Å². The van der Waals surface area contributed by atoms with Crippen LogP contribution >= 0.6 is 0 Å². The van der Waals surface area contributed by atoms with Gasteiger partial charge in [0.15, 0.2) is 6.10 Å². The second-order valence-corrected chi connectivity index (χ2v) is 6.49. The molecule has 5 nitrogen and oxygen atoms in total. The lowest BCUT2D eigenvalue weighted by Gasteiger charge is -2.53. The number of amides is 1. The van der Waals surface area contributed by atoms with E-state index >= 15 is 0 Å². The van der Waals surface area contributed by atoms with Gasteiger partial charge in [0.25, 0.3) is 5.91 Å². The Morgan fingerprint density at radius 1 is 1.36 bits per heavy atom. The highest BCUT2D eigenvalue weighted by molar-refractivity contribution is 5.83. The average molecular weight is 303 g/mol. The van der Waals surface area contributed by atoms with Crippen molar-refractivity contribution < 1.29 is 19.0 Å². The molecule has 0 aliphatic carbocycles. The molecule has 1 amide bonds. The Morgan fingerprint density at radius 3 is 2.95 bits per heavy atom. The Kier molecular flexibility index (Phi) is 3.35. The number of carbonyl (C=O) groups excluding carboxylic acids is 1. The Bertz CT molecular complexity index is 557. The molecule has 2 fully saturated rings. The molecule has 2 atom stereocenters. The van der Waals surface area contributed by atoms with Crippen molar-refractivity contribution in [2.45, 2.75) is 37.1 Å². The van der Waals surface area contributed by atoms with Crippen LogP contribution in [0.4, 0.5) is 0 Å². The molecule has 0 N–H and O–H groups in total. The lowest BCUT2D eigenvalue weighted by Crippen LogP contribution is -2.68. The van der Waals surface area contributed by atoms with Crippen molar-refractivity contribution >= 4 is 5.91 Å². The molecule has 118 valence electrons. The lowest BCUT2D eigenvalue weighted by molar-refractivity contribution is -0.201. The maximum Gasteiger partial charge on any atom is 0.264 e. The minimum Gasteiger partial charge on any atom is -0.480 e. The van der Waals surface area contributed by atoms with Crippen LogP contribution in [0.3, 0.4) is 0 Å². The Labute approximate surface area is 130 Å². The molecule has 2 saturated heterocycles. The van der Waals surface area contributed by atoms with Crippen molar-refractivity contribution in [1.82, 2.24) is 4.90 Å².